The Hall–Kier alpha value is -1.59. The Bertz CT molecular complexity index is 427. The third-order valence-corrected chi connectivity index (χ3v) is 2.34. The maximum atomic E-state index is 11.5. The maximum absolute atomic E-state index is 11.5. The summed E-state index contributed by atoms with van der Waals surface area (Å²) in [4.78, 5) is 11.5. The first-order chi connectivity index (χ1) is 8.58. The molecule has 1 aromatic rings. The zero-order chi connectivity index (χ0) is 14.7. The van der Waals surface area contributed by atoms with Gasteiger partial charge in [-0.05, 0) is 26.2 Å². The molecule has 1 amide bonds. The molecule has 1 heterocycles. The normalized spacial score (nSPS) is 12.3. The summed E-state index contributed by atoms with van der Waals surface area (Å²) in [5.74, 6) is 0. The van der Waals surface area contributed by atoms with Crippen LogP contribution in [-0.2, 0) is 16.9 Å². The first-order valence-corrected chi connectivity index (χ1v) is 6.40. The van der Waals surface area contributed by atoms with Crippen molar-refractivity contribution in [3.8, 4) is 0 Å². The summed E-state index contributed by atoms with van der Waals surface area (Å²) in [6.07, 6.45) is 1.36. The quantitative estimate of drug-likeness (QED) is 0.913. The first-order valence-electron chi connectivity index (χ1n) is 6.40. The van der Waals surface area contributed by atoms with Gasteiger partial charge in [-0.2, -0.15) is 0 Å². The van der Waals surface area contributed by atoms with Crippen molar-refractivity contribution < 1.29 is 9.53 Å². The van der Waals surface area contributed by atoms with E-state index in [1.807, 2.05) is 41.5 Å². The average Bonchev–Trinajstić information content (AvgIpc) is 2.70. The van der Waals surface area contributed by atoms with E-state index >= 15 is 0 Å². The number of carbonyl (C=O) groups excluding carboxylic acids is 1. The molecule has 108 valence electrons. The van der Waals surface area contributed by atoms with Crippen LogP contribution in [0.1, 0.15) is 47.2 Å². The molecule has 0 saturated carbocycles. The third-order valence-electron chi connectivity index (χ3n) is 2.34. The van der Waals surface area contributed by atoms with E-state index < -0.39 is 6.09 Å². The number of alkyl carbamates (subject to hydrolysis) is 1. The lowest BCUT2D eigenvalue weighted by atomic mass is 9.97. The third kappa shape index (κ3) is 5.72. The van der Waals surface area contributed by atoms with Crippen molar-refractivity contribution in [2.75, 3.05) is 6.54 Å². The number of amides is 1. The van der Waals surface area contributed by atoms with Gasteiger partial charge in [-0.25, -0.2) is 9.48 Å². The van der Waals surface area contributed by atoms with E-state index in [0.717, 1.165) is 0 Å². The van der Waals surface area contributed by atoms with Crippen LogP contribution in [-0.4, -0.2) is 27.6 Å². The highest BCUT2D eigenvalue weighted by Gasteiger charge is 2.16. The molecule has 0 fully saturated rings. The zero-order valence-corrected chi connectivity index (χ0v) is 12.6. The zero-order valence-electron chi connectivity index (χ0n) is 12.6. The van der Waals surface area contributed by atoms with Gasteiger partial charge >= 0.3 is 6.09 Å². The summed E-state index contributed by atoms with van der Waals surface area (Å²) in [6.45, 7) is 12.9. The minimum Gasteiger partial charge on any atom is -0.443 e. The van der Waals surface area contributed by atoms with Gasteiger partial charge in [-0.3, -0.25) is 0 Å². The van der Waals surface area contributed by atoms with Crippen LogP contribution in [0.5, 0.6) is 0 Å². The maximum Gasteiger partial charge on any atom is 0.407 e. The van der Waals surface area contributed by atoms with E-state index in [0.29, 0.717) is 12.2 Å². The van der Waals surface area contributed by atoms with Crippen molar-refractivity contribution in [2.24, 2.45) is 5.41 Å². The molecule has 0 unspecified atom stereocenters. The summed E-state index contributed by atoms with van der Waals surface area (Å²) in [7, 11) is 0. The fourth-order valence-corrected chi connectivity index (χ4v) is 1.22. The monoisotopic (exact) mass is 268 g/mol. The highest BCUT2D eigenvalue weighted by atomic mass is 16.5. The number of nitrogens with one attached hydrogen (secondary N) is 1. The van der Waals surface area contributed by atoms with Crippen molar-refractivity contribution in [3.05, 3.63) is 11.9 Å². The minimum absolute atomic E-state index is 0.0361. The molecule has 0 saturated heterocycles. The van der Waals surface area contributed by atoms with Gasteiger partial charge in [0.2, 0.25) is 0 Å². The smallest absolute Gasteiger partial charge is 0.407 e. The Morgan fingerprint density at radius 3 is 2.42 bits per heavy atom. The Labute approximate surface area is 114 Å². The van der Waals surface area contributed by atoms with Crippen LogP contribution in [0.2, 0.25) is 0 Å². The largest absolute Gasteiger partial charge is 0.443 e. The van der Waals surface area contributed by atoms with Gasteiger partial charge in [-0.1, -0.05) is 26.0 Å². The van der Waals surface area contributed by atoms with E-state index in [1.54, 1.807) is 10.9 Å². The fraction of sp³-hybridized carbons (Fsp3) is 0.769. The second kappa shape index (κ2) is 5.59. The van der Waals surface area contributed by atoms with E-state index in [-0.39, 0.29) is 17.6 Å². The number of ether oxygens (including phenoxy) is 1. The molecule has 0 aliphatic carbocycles. The highest BCUT2D eigenvalue weighted by Crippen LogP contribution is 2.12. The van der Waals surface area contributed by atoms with Gasteiger partial charge in [0, 0.05) is 6.54 Å². The summed E-state index contributed by atoms with van der Waals surface area (Å²) in [6, 6.07) is 0. The molecule has 0 atom stereocenters. The van der Waals surface area contributed by atoms with Crippen LogP contribution in [0.25, 0.3) is 0 Å². The van der Waals surface area contributed by atoms with Gasteiger partial charge in [0.25, 0.3) is 0 Å². The van der Waals surface area contributed by atoms with Gasteiger partial charge in [-0.15, -0.1) is 5.10 Å². The Balaban J connectivity index is 2.41. The molecule has 0 aliphatic heterocycles. The summed E-state index contributed by atoms with van der Waals surface area (Å²) in [5.41, 5.74) is 0.551. The van der Waals surface area contributed by atoms with E-state index in [4.69, 9.17) is 4.74 Å². The SMILES string of the molecule is CC(C)(C)CNC(=O)OCc1cn(C(C)(C)C)nn1. The number of hydrogen-bond donors (Lipinski definition) is 1. The molecule has 1 rings (SSSR count). The molecule has 0 spiro atoms. The highest BCUT2D eigenvalue weighted by molar-refractivity contribution is 5.67. The van der Waals surface area contributed by atoms with Crippen LogP contribution in [0.3, 0.4) is 0 Å². The van der Waals surface area contributed by atoms with Crippen LogP contribution in [0.15, 0.2) is 6.20 Å². The minimum atomic E-state index is -0.430. The van der Waals surface area contributed by atoms with Crippen molar-refractivity contribution >= 4 is 6.09 Å². The topological polar surface area (TPSA) is 69.0 Å². The molecule has 6 heteroatoms. The van der Waals surface area contributed by atoms with E-state index in [9.17, 15) is 4.79 Å². The predicted octanol–water partition coefficient (Wildman–Crippen LogP) is 2.31. The van der Waals surface area contributed by atoms with Gasteiger partial charge in [0.05, 0.1) is 11.7 Å². The molecule has 1 N–H and O–H groups in total. The molecule has 0 bridgehead atoms. The average molecular weight is 268 g/mol. The van der Waals surface area contributed by atoms with E-state index in [1.165, 1.54) is 0 Å². The number of hydrogen-bond acceptors (Lipinski definition) is 4. The number of nitrogens with zero attached hydrogens (tertiary/aromatic N) is 3. The lowest BCUT2D eigenvalue weighted by Crippen LogP contribution is -2.32. The predicted molar refractivity (Wildman–Crippen MR) is 72.7 cm³/mol. The fourth-order valence-electron chi connectivity index (χ4n) is 1.22. The summed E-state index contributed by atoms with van der Waals surface area (Å²) >= 11 is 0. The Morgan fingerprint density at radius 1 is 1.32 bits per heavy atom. The van der Waals surface area contributed by atoms with Crippen LogP contribution in [0, 0.1) is 5.41 Å². The first kappa shape index (κ1) is 15.5. The molecule has 0 aromatic carbocycles. The number of aromatic nitrogens is 3. The molecule has 0 radical (unpaired) electrons. The second-order valence-electron chi connectivity index (χ2n) is 6.82. The standard InChI is InChI=1S/C13H24N4O2/c1-12(2,3)9-14-11(18)19-8-10-7-17(16-15-10)13(4,5)6/h7H,8-9H2,1-6H3,(H,14,18). The van der Waals surface area contributed by atoms with Crippen LogP contribution >= 0.6 is 0 Å². The number of carbonyl (C=O) groups is 1. The molecule has 6 nitrogen and oxygen atoms in total. The van der Waals surface area contributed by atoms with Crippen molar-refractivity contribution in [1.82, 2.24) is 20.3 Å². The summed E-state index contributed by atoms with van der Waals surface area (Å²) < 4.78 is 6.83. The molecular formula is C13H24N4O2. The van der Waals surface area contributed by atoms with E-state index in [2.05, 4.69) is 15.6 Å². The molecular weight excluding hydrogens is 244 g/mol. The van der Waals surface area contributed by atoms with Gasteiger partial charge in [0.1, 0.15) is 12.3 Å². The van der Waals surface area contributed by atoms with Gasteiger partial charge < -0.3 is 10.1 Å². The second-order valence-corrected chi connectivity index (χ2v) is 6.82. The van der Waals surface area contributed by atoms with Crippen LogP contribution < -0.4 is 5.32 Å². The van der Waals surface area contributed by atoms with Crippen LogP contribution in [0.4, 0.5) is 4.79 Å². The van der Waals surface area contributed by atoms with Crippen molar-refractivity contribution in [1.29, 1.82) is 0 Å². The van der Waals surface area contributed by atoms with Gasteiger partial charge in [0.15, 0.2) is 0 Å². The molecule has 19 heavy (non-hydrogen) atoms. The lowest BCUT2D eigenvalue weighted by molar-refractivity contribution is 0.134. The van der Waals surface area contributed by atoms with Crippen molar-refractivity contribution in [2.45, 2.75) is 53.7 Å². The van der Waals surface area contributed by atoms with Crippen molar-refractivity contribution in [3.63, 3.8) is 0 Å². The lowest BCUT2D eigenvalue weighted by Gasteiger charge is -2.18. The number of rotatable bonds is 3. The molecule has 1 aromatic heterocycles. The Kier molecular flexibility index (Phi) is 4.55. The Morgan fingerprint density at radius 2 is 1.95 bits per heavy atom. The molecule has 0 aliphatic rings. The summed E-state index contributed by atoms with van der Waals surface area (Å²) in [5, 5.41) is 10.7.